The van der Waals surface area contributed by atoms with Gasteiger partial charge in [0.2, 0.25) is 5.91 Å². The average Bonchev–Trinajstić information content (AvgIpc) is 3.33. The number of hydrogen-bond acceptors (Lipinski definition) is 4. The molecule has 5 rings (SSSR count). The lowest BCUT2D eigenvalue weighted by Crippen LogP contribution is -2.57. The molecule has 3 aromatic rings. The van der Waals surface area contributed by atoms with E-state index in [0.29, 0.717) is 36.8 Å². The van der Waals surface area contributed by atoms with Crippen LogP contribution in [0, 0.1) is 6.92 Å². The van der Waals surface area contributed by atoms with Crippen molar-refractivity contribution < 1.29 is 9.59 Å². The van der Waals surface area contributed by atoms with Crippen molar-refractivity contribution in [1.82, 2.24) is 14.7 Å². The van der Waals surface area contributed by atoms with E-state index >= 15 is 0 Å². The summed E-state index contributed by atoms with van der Waals surface area (Å²) >= 11 is 8.07. The highest BCUT2D eigenvalue weighted by atomic mass is 35.5. The Morgan fingerprint density at radius 3 is 2.54 bits per heavy atom. The van der Waals surface area contributed by atoms with Gasteiger partial charge in [-0.3, -0.25) is 14.5 Å². The summed E-state index contributed by atoms with van der Waals surface area (Å²) in [5.74, 6) is 0.0492. The Morgan fingerprint density at radius 2 is 1.80 bits per heavy atom. The van der Waals surface area contributed by atoms with Crippen molar-refractivity contribution in [3.8, 4) is 0 Å². The van der Waals surface area contributed by atoms with E-state index < -0.39 is 0 Å². The first kappa shape index (κ1) is 24.0. The zero-order chi connectivity index (χ0) is 24.5. The van der Waals surface area contributed by atoms with Gasteiger partial charge >= 0.3 is 0 Å². The SMILES string of the molecule is Cc1ccc([C@H]2c3ccsc3CCN2CC(=O)N2CCN(C(=O)c3ccccc3Cl)[C@H](C)C2)cc1. The second kappa shape index (κ2) is 10.1. The molecule has 2 aliphatic rings. The normalized spacial score (nSPS) is 20.5. The van der Waals surface area contributed by atoms with Gasteiger partial charge in [0.05, 0.1) is 23.2 Å². The summed E-state index contributed by atoms with van der Waals surface area (Å²) in [6.45, 7) is 6.90. The summed E-state index contributed by atoms with van der Waals surface area (Å²) in [6.07, 6.45) is 0.971. The first-order chi connectivity index (χ1) is 16.9. The van der Waals surface area contributed by atoms with Crippen LogP contribution in [0.25, 0.3) is 0 Å². The Morgan fingerprint density at radius 1 is 1.03 bits per heavy atom. The molecule has 1 fully saturated rings. The summed E-state index contributed by atoms with van der Waals surface area (Å²) < 4.78 is 0. The minimum absolute atomic E-state index is 0.0735. The number of benzene rings is 2. The molecule has 3 heterocycles. The maximum atomic E-state index is 13.5. The molecule has 0 spiro atoms. The van der Waals surface area contributed by atoms with Crippen molar-refractivity contribution >= 4 is 34.8 Å². The van der Waals surface area contributed by atoms with Crippen molar-refractivity contribution in [2.24, 2.45) is 0 Å². The van der Waals surface area contributed by atoms with Crippen molar-refractivity contribution in [3.63, 3.8) is 0 Å². The van der Waals surface area contributed by atoms with Crippen LogP contribution in [0.15, 0.2) is 60.0 Å². The van der Waals surface area contributed by atoms with Gasteiger partial charge in [0.25, 0.3) is 5.91 Å². The van der Waals surface area contributed by atoms with Gasteiger partial charge in [-0.25, -0.2) is 0 Å². The first-order valence-electron chi connectivity index (χ1n) is 12.1. The lowest BCUT2D eigenvalue weighted by Gasteiger charge is -2.42. The number of piperazine rings is 1. The van der Waals surface area contributed by atoms with Crippen molar-refractivity contribution in [2.75, 3.05) is 32.7 Å². The van der Waals surface area contributed by atoms with Gasteiger partial charge in [-0.1, -0.05) is 53.6 Å². The summed E-state index contributed by atoms with van der Waals surface area (Å²) in [5.41, 5.74) is 4.30. The van der Waals surface area contributed by atoms with E-state index in [1.54, 1.807) is 12.1 Å². The molecule has 0 radical (unpaired) electrons. The molecule has 0 saturated carbocycles. The molecule has 0 bridgehead atoms. The monoisotopic (exact) mass is 507 g/mol. The molecule has 35 heavy (non-hydrogen) atoms. The number of nitrogens with zero attached hydrogens (tertiary/aromatic N) is 3. The third-order valence-corrected chi connectivity index (χ3v) is 8.47. The third-order valence-electron chi connectivity index (χ3n) is 7.14. The number of aryl methyl sites for hydroxylation is 1. The molecule has 0 N–H and O–H groups in total. The van der Waals surface area contributed by atoms with Crippen LogP contribution in [0.2, 0.25) is 5.02 Å². The summed E-state index contributed by atoms with van der Waals surface area (Å²) in [4.78, 5) is 34.0. The zero-order valence-electron chi connectivity index (χ0n) is 20.1. The van der Waals surface area contributed by atoms with E-state index in [9.17, 15) is 9.59 Å². The molecule has 2 atom stereocenters. The minimum Gasteiger partial charge on any atom is -0.338 e. The molecular weight excluding hydrogens is 478 g/mol. The molecule has 2 amide bonds. The zero-order valence-corrected chi connectivity index (χ0v) is 21.7. The molecule has 7 heteroatoms. The van der Waals surface area contributed by atoms with E-state index in [4.69, 9.17) is 11.6 Å². The summed E-state index contributed by atoms with van der Waals surface area (Å²) in [5, 5.41) is 2.62. The van der Waals surface area contributed by atoms with E-state index in [0.717, 1.165) is 13.0 Å². The maximum absolute atomic E-state index is 13.5. The average molecular weight is 508 g/mol. The fourth-order valence-corrected chi connectivity index (χ4v) is 6.35. The van der Waals surface area contributed by atoms with E-state index in [1.165, 1.54) is 21.6 Å². The second-order valence-electron chi connectivity index (χ2n) is 9.50. The number of fused-ring (bicyclic) bond motifs is 1. The Hall–Kier alpha value is -2.67. The fraction of sp³-hybridized carbons (Fsp3) is 0.357. The summed E-state index contributed by atoms with van der Waals surface area (Å²) in [7, 11) is 0. The van der Waals surface area contributed by atoms with Crippen LogP contribution in [0.1, 0.15) is 44.9 Å². The Kier molecular flexibility index (Phi) is 6.96. The molecule has 1 aromatic heterocycles. The largest absolute Gasteiger partial charge is 0.338 e. The van der Waals surface area contributed by atoms with Gasteiger partial charge in [-0.15, -0.1) is 11.3 Å². The van der Waals surface area contributed by atoms with E-state index in [-0.39, 0.29) is 23.9 Å². The Labute approximate surface area is 215 Å². The standard InChI is InChI=1S/C28H30ClN3O2S/c1-19-7-9-21(10-8-19)27-23-12-16-35-25(23)11-13-31(27)18-26(33)30-14-15-32(20(2)17-30)28(34)22-5-3-4-6-24(22)29/h3-10,12,16,20,27H,11,13-15,17-18H2,1-2H3/t20-,27+/m1/s1. The molecule has 5 nitrogen and oxygen atoms in total. The van der Waals surface area contributed by atoms with Crippen molar-refractivity contribution in [3.05, 3.63) is 92.1 Å². The lowest BCUT2D eigenvalue weighted by atomic mass is 9.92. The molecule has 1 saturated heterocycles. The topological polar surface area (TPSA) is 43.9 Å². The quantitative estimate of drug-likeness (QED) is 0.497. The molecule has 2 aromatic carbocycles. The number of amides is 2. The van der Waals surface area contributed by atoms with Crippen LogP contribution in [0.3, 0.4) is 0 Å². The second-order valence-corrected chi connectivity index (χ2v) is 10.9. The number of halogens is 1. The maximum Gasteiger partial charge on any atom is 0.255 e. The Balaban J connectivity index is 1.28. The predicted molar refractivity (Wildman–Crippen MR) is 141 cm³/mol. The van der Waals surface area contributed by atoms with Crippen molar-refractivity contribution in [2.45, 2.75) is 32.4 Å². The molecule has 0 unspecified atom stereocenters. The predicted octanol–water partition coefficient (Wildman–Crippen LogP) is 5.03. The Bertz CT molecular complexity index is 1220. The van der Waals surface area contributed by atoms with Gasteiger partial charge in [-0.2, -0.15) is 0 Å². The van der Waals surface area contributed by atoms with Crippen molar-refractivity contribution in [1.29, 1.82) is 0 Å². The smallest absolute Gasteiger partial charge is 0.255 e. The van der Waals surface area contributed by atoms with Crippen LogP contribution < -0.4 is 0 Å². The van der Waals surface area contributed by atoms with Crippen LogP contribution in [-0.2, 0) is 11.2 Å². The van der Waals surface area contributed by atoms with Gasteiger partial charge in [-0.05, 0) is 55.0 Å². The number of carbonyl (C=O) groups excluding carboxylic acids is 2. The third kappa shape index (κ3) is 4.88. The highest BCUT2D eigenvalue weighted by Crippen LogP contribution is 2.37. The molecule has 2 aliphatic heterocycles. The first-order valence-corrected chi connectivity index (χ1v) is 13.4. The summed E-state index contributed by atoms with van der Waals surface area (Å²) in [6, 6.07) is 18.0. The van der Waals surface area contributed by atoms with Crippen LogP contribution in [-0.4, -0.2) is 65.3 Å². The minimum atomic E-state index is -0.0748. The van der Waals surface area contributed by atoms with Gasteiger partial charge in [0.1, 0.15) is 0 Å². The number of carbonyl (C=O) groups is 2. The fourth-order valence-electron chi connectivity index (χ4n) is 5.23. The van der Waals surface area contributed by atoms with Crippen LogP contribution >= 0.6 is 22.9 Å². The van der Waals surface area contributed by atoms with Gasteiger partial charge < -0.3 is 9.80 Å². The van der Waals surface area contributed by atoms with E-state index in [2.05, 4.69) is 47.5 Å². The molecular formula is C28H30ClN3O2S. The molecule has 0 aliphatic carbocycles. The number of rotatable bonds is 4. The van der Waals surface area contributed by atoms with Gasteiger partial charge in [0, 0.05) is 37.1 Å². The number of thiophene rings is 1. The van der Waals surface area contributed by atoms with Crippen LogP contribution in [0.4, 0.5) is 0 Å². The lowest BCUT2D eigenvalue weighted by molar-refractivity contribution is -0.135. The van der Waals surface area contributed by atoms with E-state index in [1.807, 2.05) is 40.2 Å². The number of hydrogen-bond donors (Lipinski definition) is 0. The highest BCUT2D eigenvalue weighted by molar-refractivity contribution is 7.10. The van der Waals surface area contributed by atoms with Crippen LogP contribution in [0.5, 0.6) is 0 Å². The highest BCUT2D eigenvalue weighted by Gasteiger charge is 2.35. The molecule has 182 valence electrons. The van der Waals surface area contributed by atoms with Gasteiger partial charge in [0.15, 0.2) is 0 Å².